The summed E-state index contributed by atoms with van der Waals surface area (Å²) in [6, 6.07) is 12.7. The van der Waals surface area contributed by atoms with Gasteiger partial charge in [-0.3, -0.25) is 10.1 Å². The first-order valence-electron chi connectivity index (χ1n) is 9.18. The van der Waals surface area contributed by atoms with Crippen LogP contribution in [0.15, 0.2) is 72.9 Å². The SMILES string of the molecule is C=CC(C)OC(=O)Nc1cccc(-c2ccnc3c(C(=O)c4cccs4)cnn23)c1. The van der Waals surface area contributed by atoms with Crippen LogP contribution < -0.4 is 5.32 Å². The normalized spacial score (nSPS) is 11.8. The number of nitrogens with one attached hydrogen (secondary N) is 1. The highest BCUT2D eigenvalue weighted by atomic mass is 32.1. The van der Waals surface area contributed by atoms with Crippen molar-refractivity contribution in [3.05, 3.63) is 83.3 Å². The average Bonchev–Trinajstić information content (AvgIpc) is 3.43. The van der Waals surface area contributed by atoms with E-state index in [1.807, 2.05) is 23.6 Å². The van der Waals surface area contributed by atoms with Gasteiger partial charge in [-0.2, -0.15) is 5.10 Å². The molecule has 7 nitrogen and oxygen atoms in total. The summed E-state index contributed by atoms with van der Waals surface area (Å²) in [6.45, 7) is 5.32. The Morgan fingerprint density at radius 2 is 2.13 bits per heavy atom. The zero-order chi connectivity index (χ0) is 21.1. The van der Waals surface area contributed by atoms with Crippen molar-refractivity contribution in [1.82, 2.24) is 14.6 Å². The van der Waals surface area contributed by atoms with E-state index < -0.39 is 12.2 Å². The fourth-order valence-corrected chi connectivity index (χ4v) is 3.61. The molecule has 0 spiro atoms. The molecule has 0 aliphatic carbocycles. The molecule has 0 radical (unpaired) electrons. The first kappa shape index (κ1) is 19.5. The highest BCUT2D eigenvalue weighted by molar-refractivity contribution is 7.12. The fraction of sp³-hybridized carbons (Fsp3) is 0.0909. The lowest BCUT2D eigenvalue weighted by molar-refractivity contribution is 0.104. The smallest absolute Gasteiger partial charge is 0.412 e. The molecule has 1 N–H and O–H groups in total. The summed E-state index contributed by atoms with van der Waals surface area (Å²) < 4.78 is 6.78. The number of thiophene rings is 1. The molecule has 1 amide bonds. The van der Waals surface area contributed by atoms with Crippen LogP contribution in [0.1, 0.15) is 22.2 Å². The minimum Gasteiger partial charge on any atom is -0.442 e. The second kappa shape index (κ2) is 8.30. The van der Waals surface area contributed by atoms with E-state index in [2.05, 4.69) is 22.0 Å². The summed E-state index contributed by atoms with van der Waals surface area (Å²) in [5.74, 6) is -0.112. The standard InChI is InChI=1S/C22H18N4O3S/c1-3-14(2)29-22(28)25-16-7-4-6-15(12-16)18-9-10-23-21-17(13-24-26(18)21)20(27)19-8-5-11-30-19/h3-14H,1H2,2H3,(H,25,28). The van der Waals surface area contributed by atoms with Crippen LogP contribution in [-0.4, -0.2) is 32.6 Å². The van der Waals surface area contributed by atoms with Gasteiger partial charge in [-0.1, -0.05) is 30.9 Å². The van der Waals surface area contributed by atoms with Gasteiger partial charge >= 0.3 is 6.09 Å². The number of aromatic nitrogens is 3. The minimum atomic E-state index is -0.567. The van der Waals surface area contributed by atoms with Crippen LogP contribution in [0.2, 0.25) is 0 Å². The number of anilines is 1. The van der Waals surface area contributed by atoms with Crippen molar-refractivity contribution >= 4 is 34.5 Å². The molecule has 0 bridgehead atoms. The van der Waals surface area contributed by atoms with Crippen molar-refractivity contribution < 1.29 is 14.3 Å². The molecular formula is C22H18N4O3S. The Balaban J connectivity index is 1.66. The summed E-state index contributed by atoms with van der Waals surface area (Å²) in [5, 5.41) is 8.94. The van der Waals surface area contributed by atoms with E-state index in [1.54, 1.807) is 41.9 Å². The van der Waals surface area contributed by atoms with Crippen LogP contribution >= 0.6 is 11.3 Å². The molecule has 0 aliphatic rings. The number of hydrogen-bond acceptors (Lipinski definition) is 6. The summed E-state index contributed by atoms with van der Waals surface area (Å²) in [5.41, 5.74) is 3.02. The molecule has 8 heteroatoms. The third kappa shape index (κ3) is 3.85. The van der Waals surface area contributed by atoms with E-state index in [9.17, 15) is 9.59 Å². The molecule has 150 valence electrons. The number of hydrogen-bond donors (Lipinski definition) is 1. The molecule has 0 aliphatic heterocycles. The molecule has 4 aromatic rings. The second-order valence-electron chi connectivity index (χ2n) is 6.48. The summed E-state index contributed by atoms with van der Waals surface area (Å²) in [6.07, 6.45) is 3.75. The second-order valence-corrected chi connectivity index (χ2v) is 7.43. The number of ketones is 1. The van der Waals surface area contributed by atoms with Gasteiger partial charge in [0, 0.05) is 17.4 Å². The van der Waals surface area contributed by atoms with Gasteiger partial charge in [0.15, 0.2) is 5.65 Å². The van der Waals surface area contributed by atoms with E-state index in [0.717, 1.165) is 11.3 Å². The van der Waals surface area contributed by atoms with Gasteiger partial charge in [0.05, 0.1) is 22.3 Å². The van der Waals surface area contributed by atoms with Crippen LogP contribution in [-0.2, 0) is 4.74 Å². The predicted octanol–water partition coefficient (Wildman–Crippen LogP) is 4.81. The first-order valence-corrected chi connectivity index (χ1v) is 10.1. The number of benzene rings is 1. The van der Waals surface area contributed by atoms with Crippen LogP contribution in [0.4, 0.5) is 10.5 Å². The van der Waals surface area contributed by atoms with Gasteiger partial charge in [-0.05, 0) is 36.6 Å². The van der Waals surface area contributed by atoms with Gasteiger partial charge in [-0.15, -0.1) is 11.3 Å². The molecule has 1 atom stereocenters. The van der Waals surface area contributed by atoms with Crippen molar-refractivity contribution in [3.63, 3.8) is 0 Å². The summed E-state index contributed by atoms with van der Waals surface area (Å²) in [7, 11) is 0. The number of nitrogens with zero attached hydrogens (tertiary/aromatic N) is 3. The molecule has 1 aromatic carbocycles. The largest absolute Gasteiger partial charge is 0.442 e. The van der Waals surface area contributed by atoms with E-state index >= 15 is 0 Å². The molecule has 3 heterocycles. The third-order valence-corrected chi connectivity index (χ3v) is 5.29. The van der Waals surface area contributed by atoms with Gasteiger partial charge in [-0.25, -0.2) is 14.3 Å². The molecule has 3 aromatic heterocycles. The van der Waals surface area contributed by atoms with E-state index in [1.165, 1.54) is 23.6 Å². The molecule has 0 fully saturated rings. The fourth-order valence-electron chi connectivity index (χ4n) is 2.93. The first-order chi connectivity index (χ1) is 14.6. The van der Waals surface area contributed by atoms with E-state index in [-0.39, 0.29) is 5.78 Å². The maximum Gasteiger partial charge on any atom is 0.412 e. The average molecular weight is 418 g/mol. The Bertz CT molecular complexity index is 1230. The van der Waals surface area contributed by atoms with Crippen LogP contribution in [0.3, 0.4) is 0 Å². The maximum absolute atomic E-state index is 12.8. The zero-order valence-electron chi connectivity index (χ0n) is 16.1. The summed E-state index contributed by atoms with van der Waals surface area (Å²) in [4.78, 5) is 29.7. The minimum absolute atomic E-state index is 0.112. The Kier molecular flexibility index (Phi) is 5.40. The Labute approximate surface area is 176 Å². The van der Waals surface area contributed by atoms with Crippen LogP contribution in [0.25, 0.3) is 16.9 Å². The Morgan fingerprint density at radius 3 is 2.90 bits per heavy atom. The van der Waals surface area contributed by atoms with Gasteiger partial charge < -0.3 is 4.74 Å². The highest BCUT2D eigenvalue weighted by Crippen LogP contribution is 2.25. The molecular weight excluding hydrogens is 400 g/mol. The quantitative estimate of drug-likeness (QED) is 0.359. The summed E-state index contributed by atoms with van der Waals surface area (Å²) >= 11 is 1.38. The Hall–Kier alpha value is -3.78. The molecule has 1 unspecified atom stereocenters. The van der Waals surface area contributed by atoms with Crippen molar-refractivity contribution in [2.24, 2.45) is 0 Å². The van der Waals surface area contributed by atoms with E-state index in [4.69, 9.17) is 4.74 Å². The number of carbonyl (C=O) groups excluding carboxylic acids is 2. The van der Waals surface area contributed by atoms with Crippen molar-refractivity contribution in [2.45, 2.75) is 13.0 Å². The van der Waals surface area contributed by atoms with E-state index in [0.29, 0.717) is 21.8 Å². The number of amides is 1. The van der Waals surface area contributed by atoms with Gasteiger partial charge in [0.2, 0.25) is 5.78 Å². The maximum atomic E-state index is 12.8. The van der Waals surface area contributed by atoms with Gasteiger partial charge in [0.25, 0.3) is 0 Å². The monoisotopic (exact) mass is 418 g/mol. The van der Waals surface area contributed by atoms with Crippen molar-refractivity contribution in [2.75, 3.05) is 5.32 Å². The van der Waals surface area contributed by atoms with Crippen molar-refractivity contribution in [1.29, 1.82) is 0 Å². The number of ether oxygens (including phenoxy) is 1. The number of carbonyl (C=O) groups is 2. The van der Waals surface area contributed by atoms with Gasteiger partial charge in [0.1, 0.15) is 6.10 Å². The number of fused-ring (bicyclic) bond motifs is 1. The molecule has 0 saturated heterocycles. The molecule has 4 rings (SSSR count). The van der Waals surface area contributed by atoms with Crippen LogP contribution in [0, 0.1) is 0 Å². The van der Waals surface area contributed by atoms with Crippen LogP contribution in [0.5, 0.6) is 0 Å². The van der Waals surface area contributed by atoms with Crippen molar-refractivity contribution in [3.8, 4) is 11.3 Å². The molecule has 30 heavy (non-hydrogen) atoms. The number of rotatable bonds is 6. The third-order valence-electron chi connectivity index (χ3n) is 4.42. The zero-order valence-corrected chi connectivity index (χ0v) is 16.9. The highest BCUT2D eigenvalue weighted by Gasteiger charge is 2.18. The predicted molar refractivity (Wildman–Crippen MR) is 116 cm³/mol. The lowest BCUT2D eigenvalue weighted by Gasteiger charge is -2.11. The molecule has 0 saturated carbocycles. The lowest BCUT2D eigenvalue weighted by atomic mass is 10.1. The Morgan fingerprint density at radius 1 is 1.27 bits per heavy atom. The topological polar surface area (TPSA) is 85.6 Å². The lowest BCUT2D eigenvalue weighted by Crippen LogP contribution is -2.18.